The predicted octanol–water partition coefficient (Wildman–Crippen LogP) is 4.28. The number of aliphatic carboxylic acids is 1. The minimum absolute atomic E-state index is 0.122. The van der Waals surface area contributed by atoms with Crippen molar-refractivity contribution in [1.29, 1.82) is 0 Å². The van der Waals surface area contributed by atoms with E-state index in [9.17, 15) is 4.79 Å². The summed E-state index contributed by atoms with van der Waals surface area (Å²) in [4.78, 5) is 11.0. The highest BCUT2D eigenvalue weighted by molar-refractivity contribution is 5.70. The van der Waals surface area contributed by atoms with Crippen LogP contribution in [-0.2, 0) is 4.79 Å². The van der Waals surface area contributed by atoms with E-state index in [-0.39, 0.29) is 5.92 Å². The van der Waals surface area contributed by atoms with Crippen molar-refractivity contribution in [3.05, 3.63) is 33.9 Å². The fourth-order valence-electron chi connectivity index (χ4n) is 3.49. The Labute approximate surface area is 115 Å². The van der Waals surface area contributed by atoms with Gasteiger partial charge < -0.3 is 5.11 Å². The number of carbonyl (C=O) groups is 1. The molecule has 1 N–H and O–H groups in total. The smallest absolute Gasteiger partial charge is 0.306 e. The maximum absolute atomic E-state index is 11.0. The summed E-state index contributed by atoms with van der Waals surface area (Å²) < 4.78 is 0. The number of hydrogen-bond acceptors (Lipinski definition) is 1. The van der Waals surface area contributed by atoms with Crippen molar-refractivity contribution in [3.63, 3.8) is 0 Å². The minimum atomic E-state index is -0.618. The number of benzene rings is 1. The fourth-order valence-corrected chi connectivity index (χ4v) is 3.49. The van der Waals surface area contributed by atoms with Crippen LogP contribution in [-0.4, -0.2) is 11.1 Å². The van der Waals surface area contributed by atoms with Gasteiger partial charge in [-0.1, -0.05) is 6.07 Å². The first kappa shape index (κ1) is 14.1. The zero-order valence-corrected chi connectivity index (χ0v) is 12.4. The summed E-state index contributed by atoms with van der Waals surface area (Å²) in [6, 6.07) is 2.26. The Morgan fingerprint density at radius 1 is 1.00 bits per heavy atom. The van der Waals surface area contributed by atoms with E-state index >= 15 is 0 Å². The second kappa shape index (κ2) is 5.36. The van der Waals surface area contributed by atoms with Gasteiger partial charge in [-0.3, -0.25) is 4.79 Å². The second-order valence-electron chi connectivity index (χ2n) is 6.06. The molecule has 19 heavy (non-hydrogen) atoms. The Balaban J connectivity index is 2.27. The zero-order chi connectivity index (χ0) is 14.2. The largest absolute Gasteiger partial charge is 0.481 e. The highest BCUT2D eigenvalue weighted by Crippen LogP contribution is 2.40. The Bertz CT molecular complexity index is 468. The molecule has 0 amide bonds. The molecular formula is C17H24O2. The van der Waals surface area contributed by atoms with Crippen molar-refractivity contribution in [2.24, 2.45) is 5.92 Å². The topological polar surface area (TPSA) is 37.3 Å². The normalized spacial score (nSPS) is 23.4. The SMILES string of the molecule is Cc1cc(C)c(C)c(C2CCC(C(=O)O)CC2)c1C. The molecule has 0 spiro atoms. The molecule has 0 saturated heterocycles. The molecule has 2 heteroatoms. The lowest BCUT2D eigenvalue weighted by atomic mass is 9.75. The van der Waals surface area contributed by atoms with Crippen molar-refractivity contribution in [1.82, 2.24) is 0 Å². The Morgan fingerprint density at radius 2 is 1.47 bits per heavy atom. The molecule has 104 valence electrons. The molecule has 0 aromatic heterocycles. The molecule has 2 rings (SSSR count). The third-order valence-corrected chi connectivity index (χ3v) is 4.91. The average Bonchev–Trinajstić information content (AvgIpc) is 2.37. The van der Waals surface area contributed by atoms with Gasteiger partial charge in [0.1, 0.15) is 0 Å². The molecular weight excluding hydrogens is 236 g/mol. The number of carboxylic acids is 1. The molecule has 2 nitrogen and oxygen atoms in total. The van der Waals surface area contributed by atoms with Crippen LogP contribution < -0.4 is 0 Å². The van der Waals surface area contributed by atoms with Crippen LogP contribution in [0.5, 0.6) is 0 Å². The van der Waals surface area contributed by atoms with Gasteiger partial charge in [0, 0.05) is 0 Å². The Hall–Kier alpha value is -1.31. The summed E-state index contributed by atoms with van der Waals surface area (Å²) in [7, 11) is 0. The van der Waals surface area contributed by atoms with Crippen LogP contribution in [0.1, 0.15) is 59.4 Å². The van der Waals surface area contributed by atoms with E-state index in [1.165, 1.54) is 27.8 Å². The standard InChI is InChI=1S/C17H24O2/c1-10-9-11(2)13(4)16(12(10)3)14-5-7-15(8-6-14)17(18)19/h9,14-15H,5-8H2,1-4H3,(H,18,19). The summed E-state index contributed by atoms with van der Waals surface area (Å²) in [6.45, 7) is 8.77. The molecule has 1 aliphatic rings. The van der Waals surface area contributed by atoms with Gasteiger partial charge >= 0.3 is 5.97 Å². The lowest BCUT2D eigenvalue weighted by Gasteiger charge is -2.30. The number of carboxylic acid groups (broad SMARTS) is 1. The lowest BCUT2D eigenvalue weighted by Crippen LogP contribution is -2.21. The third-order valence-electron chi connectivity index (χ3n) is 4.91. The van der Waals surface area contributed by atoms with Gasteiger partial charge in [-0.15, -0.1) is 0 Å². The van der Waals surface area contributed by atoms with Gasteiger partial charge in [-0.25, -0.2) is 0 Å². The van der Waals surface area contributed by atoms with Crippen molar-refractivity contribution in [3.8, 4) is 0 Å². The maximum atomic E-state index is 11.0. The molecule has 1 aromatic carbocycles. The molecule has 0 atom stereocenters. The molecule has 0 radical (unpaired) electrons. The van der Waals surface area contributed by atoms with Crippen molar-refractivity contribution >= 4 is 5.97 Å². The quantitative estimate of drug-likeness (QED) is 0.861. The first-order chi connectivity index (χ1) is 8.91. The van der Waals surface area contributed by atoms with Gasteiger partial charge in [-0.2, -0.15) is 0 Å². The molecule has 1 fully saturated rings. The predicted molar refractivity (Wildman–Crippen MR) is 77.7 cm³/mol. The summed E-state index contributed by atoms with van der Waals surface area (Å²) in [5.74, 6) is -0.190. The van der Waals surface area contributed by atoms with Crippen LogP contribution in [0.15, 0.2) is 6.07 Å². The molecule has 0 bridgehead atoms. The summed E-state index contributed by atoms with van der Waals surface area (Å²) in [5.41, 5.74) is 7.02. The summed E-state index contributed by atoms with van der Waals surface area (Å²) in [5, 5.41) is 9.09. The van der Waals surface area contributed by atoms with Gasteiger partial charge in [0.2, 0.25) is 0 Å². The highest BCUT2D eigenvalue weighted by atomic mass is 16.4. The van der Waals surface area contributed by atoms with E-state index in [1.54, 1.807) is 0 Å². The van der Waals surface area contributed by atoms with Crippen LogP contribution in [0.25, 0.3) is 0 Å². The summed E-state index contributed by atoms with van der Waals surface area (Å²) >= 11 is 0. The zero-order valence-electron chi connectivity index (χ0n) is 12.4. The molecule has 1 aliphatic carbocycles. The Kier molecular flexibility index (Phi) is 3.98. The van der Waals surface area contributed by atoms with E-state index < -0.39 is 5.97 Å². The second-order valence-corrected chi connectivity index (χ2v) is 6.06. The van der Waals surface area contributed by atoms with Crippen molar-refractivity contribution in [2.45, 2.75) is 59.3 Å². The first-order valence-corrected chi connectivity index (χ1v) is 7.22. The van der Waals surface area contributed by atoms with Gasteiger partial charge in [0.25, 0.3) is 0 Å². The molecule has 1 saturated carbocycles. The average molecular weight is 260 g/mol. The highest BCUT2D eigenvalue weighted by Gasteiger charge is 2.28. The van der Waals surface area contributed by atoms with Crippen LogP contribution in [0.4, 0.5) is 0 Å². The van der Waals surface area contributed by atoms with Gasteiger partial charge in [0.05, 0.1) is 5.92 Å². The first-order valence-electron chi connectivity index (χ1n) is 7.22. The van der Waals surface area contributed by atoms with Crippen LogP contribution in [0.2, 0.25) is 0 Å². The molecule has 1 aromatic rings. The fraction of sp³-hybridized carbons (Fsp3) is 0.588. The van der Waals surface area contributed by atoms with E-state index in [4.69, 9.17) is 5.11 Å². The van der Waals surface area contributed by atoms with E-state index in [0.717, 1.165) is 25.7 Å². The van der Waals surface area contributed by atoms with Crippen LogP contribution in [0, 0.1) is 33.6 Å². The molecule has 0 heterocycles. The van der Waals surface area contributed by atoms with Crippen molar-refractivity contribution in [2.75, 3.05) is 0 Å². The number of hydrogen-bond donors (Lipinski definition) is 1. The van der Waals surface area contributed by atoms with Gasteiger partial charge in [0.15, 0.2) is 0 Å². The minimum Gasteiger partial charge on any atom is -0.481 e. The monoisotopic (exact) mass is 260 g/mol. The van der Waals surface area contributed by atoms with E-state index in [2.05, 4.69) is 33.8 Å². The maximum Gasteiger partial charge on any atom is 0.306 e. The van der Waals surface area contributed by atoms with Crippen LogP contribution in [0.3, 0.4) is 0 Å². The molecule has 0 aliphatic heterocycles. The molecule has 0 unspecified atom stereocenters. The van der Waals surface area contributed by atoms with E-state index in [1.807, 2.05) is 0 Å². The summed E-state index contributed by atoms with van der Waals surface area (Å²) in [6.07, 6.45) is 3.68. The van der Waals surface area contributed by atoms with Crippen LogP contribution >= 0.6 is 0 Å². The third kappa shape index (κ3) is 2.68. The number of rotatable bonds is 2. The van der Waals surface area contributed by atoms with Gasteiger partial charge in [-0.05, 0) is 87.1 Å². The van der Waals surface area contributed by atoms with E-state index in [0.29, 0.717) is 5.92 Å². The lowest BCUT2D eigenvalue weighted by molar-refractivity contribution is -0.142. The van der Waals surface area contributed by atoms with Crippen molar-refractivity contribution < 1.29 is 9.90 Å². The number of aryl methyl sites for hydroxylation is 2. The Morgan fingerprint density at radius 3 is 1.89 bits per heavy atom.